The quantitative estimate of drug-likeness (QED) is 0.786. The van der Waals surface area contributed by atoms with Crippen LogP contribution in [0.4, 0.5) is 4.79 Å². The number of esters is 1. The highest BCUT2D eigenvalue weighted by Gasteiger charge is 2.29. The van der Waals surface area contributed by atoms with E-state index in [2.05, 4.69) is 26.1 Å². The van der Waals surface area contributed by atoms with Crippen LogP contribution >= 0.6 is 11.3 Å². The van der Waals surface area contributed by atoms with Crippen LogP contribution in [-0.2, 0) is 11.3 Å². The Labute approximate surface area is 159 Å². The van der Waals surface area contributed by atoms with Gasteiger partial charge in [-0.05, 0) is 34.6 Å². The van der Waals surface area contributed by atoms with Crippen LogP contribution in [0.3, 0.4) is 0 Å². The largest absolute Gasteiger partial charge is 0.465 e. The summed E-state index contributed by atoms with van der Waals surface area (Å²) in [6, 6.07) is 10.9. The van der Waals surface area contributed by atoms with Crippen molar-refractivity contribution >= 4 is 23.3 Å². The molecule has 0 bridgehead atoms. The minimum atomic E-state index is -0.369. The third-order valence-electron chi connectivity index (χ3n) is 4.10. The van der Waals surface area contributed by atoms with Crippen molar-refractivity contribution in [3.05, 3.63) is 57.8 Å². The van der Waals surface area contributed by atoms with E-state index in [0.717, 1.165) is 10.4 Å². The number of nitrogens with zero attached hydrogens (tertiary/aromatic N) is 1. The fourth-order valence-corrected chi connectivity index (χ4v) is 3.63. The van der Waals surface area contributed by atoms with E-state index < -0.39 is 0 Å². The van der Waals surface area contributed by atoms with Crippen LogP contribution in [0.25, 0.3) is 0 Å². The van der Waals surface area contributed by atoms with Gasteiger partial charge in [0.25, 0.3) is 0 Å². The van der Waals surface area contributed by atoms with Crippen molar-refractivity contribution in [3.63, 3.8) is 0 Å². The topological polar surface area (TPSA) is 58.6 Å². The first kappa shape index (κ1) is 20.0. The zero-order valence-electron chi connectivity index (χ0n) is 15.9. The maximum atomic E-state index is 12.7. The van der Waals surface area contributed by atoms with Crippen molar-refractivity contribution in [1.29, 1.82) is 0 Å². The molecule has 0 radical (unpaired) electrons. The molecule has 1 aromatic heterocycles. The van der Waals surface area contributed by atoms with Crippen LogP contribution in [0.1, 0.15) is 47.6 Å². The number of nitrogens with one attached hydrogen (secondary N) is 1. The van der Waals surface area contributed by atoms with Gasteiger partial charge in [-0.3, -0.25) is 0 Å². The summed E-state index contributed by atoms with van der Waals surface area (Å²) in [5.41, 5.74) is 1.34. The Morgan fingerprint density at radius 1 is 1.19 bits per heavy atom. The molecule has 5 nitrogen and oxygen atoms in total. The highest BCUT2D eigenvalue weighted by Crippen LogP contribution is 2.35. The number of urea groups is 1. The molecule has 0 aliphatic heterocycles. The normalized spacial score (nSPS) is 12.3. The number of carbonyl (C=O) groups excluding carboxylic acids is 2. The van der Waals surface area contributed by atoms with Crippen LogP contribution in [0.15, 0.2) is 41.8 Å². The molecule has 0 aliphatic carbocycles. The Morgan fingerprint density at radius 3 is 2.35 bits per heavy atom. The van der Waals surface area contributed by atoms with Crippen molar-refractivity contribution in [2.24, 2.45) is 5.41 Å². The maximum Gasteiger partial charge on any atom is 0.337 e. The Balaban J connectivity index is 2.03. The minimum Gasteiger partial charge on any atom is -0.465 e. The molecule has 0 saturated heterocycles. The summed E-state index contributed by atoms with van der Waals surface area (Å²) in [5.74, 6) is -0.369. The van der Waals surface area contributed by atoms with E-state index in [4.69, 9.17) is 4.74 Å². The van der Waals surface area contributed by atoms with Gasteiger partial charge < -0.3 is 15.0 Å². The molecule has 1 N–H and O–H groups in total. The summed E-state index contributed by atoms with van der Waals surface area (Å²) < 4.78 is 4.69. The predicted octanol–water partition coefficient (Wildman–Crippen LogP) is 4.46. The van der Waals surface area contributed by atoms with E-state index in [1.165, 1.54) is 7.11 Å². The lowest BCUT2D eigenvalue weighted by Crippen LogP contribution is -2.42. The van der Waals surface area contributed by atoms with Crippen molar-refractivity contribution in [3.8, 4) is 0 Å². The molecule has 0 fully saturated rings. The highest BCUT2D eigenvalue weighted by molar-refractivity contribution is 7.10. The fourth-order valence-electron chi connectivity index (χ4n) is 2.61. The van der Waals surface area contributed by atoms with E-state index in [-0.39, 0.29) is 23.5 Å². The summed E-state index contributed by atoms with van der Waals surface area (Å²) >= 11 is 1.64. The third kappa shape index (κ3) is 5.08. The second-order valence-corrected chi connectivity index (χ2v) is 8.29. The van der Waals surface area contributed by atoms with Crippen LogP contribution in [0.2, 0.25) is 0 Å². The van der Waals surface area contributed by atoms with Gasteiger partial charge in [0.05, 0.1) is 18.7 Å². The maximum absolute atomic E-state index is 12.7. The number of carbonyl (C=O) groups is 2. The first-order valence-corrected chi connectivity index (χ1v) is 9.32. The molecule has 26 heavy (non-hydrogen) atoms. The highest BCUT2D eigenvalue weighted by atomic mass is 32.1. The molecule has 2 rings (SSSR count). The van der Waals surface area contributed by atoms with Gasteiger partial charge in [-0.2, -0.15) is 0 Å². The summed E-state index contributed by atoms with van der Waals surface area (Å²) in [7, 11) is 3.12. The molecule has 0 unspecified atom stereocenters. The summed E-state index contributed by atoms with van der Waals surface area (Å²) in [5, 5.41) is 5.16. The Kier molecular flexibility index (Phi) is 6.42. The van der Waals surface area contributed by atoms with Crippen LogP contribution in [0.5, 0.6) is 0 Å². The summed E-state index contributed by atoms with van der Waals surface area (Å²) in [6.45, 7) is 6.80. The van der Waals surface area contributed by atoms with E-state index in [1.807, 2.05) is 29.6 Å². The number of ether oxygens (including phenoxy) is 1. The smallest absolute Gasteiger partial charge is 0.337 e. The van der Waals surface area contributed by atoms with Gasteiger partial charge in [0.15, 0.2) is 0 Å². The fraction of sp³-hybridized carbons (Fsp3) is 0.400. The van der Waals surface area contributed by atoms with Crippen molar-refractivity contribution < 1.29 is 14.3 Å². The van der Waals surface area contributed by atoms with Crippen molar-refractivity contribution in [2.75, 3.05) is 14.2 Å². The lowest BCUT2D eigenvalue weighted by atomic mass is 9.86. The lowest BCUT2D eigenvalue weighted by Gasteiger charge is -2.32. The van der Waals surface area contributed by atoms with E-state index >= 15 is 0 Å². The number of rotatable bonds is 5. The zero-order valence-corrected chi connectivity index (χ0v) is 16.7. The van der Waals surface area contributed by atoms with Gasteiger partial charge in [0, 0.05) is 18.5 Å². The molecular weight excluding hydrogens is 348 g/mol. The van der Waals surface area contributed by atoms with Gasteiger partial charge in [0.2, 0.25) is 0 Å². The molecule has 1 aromatic carbocycles. The Bertz CT molecular complexity index is 733. The SMILES string of the molecule is COC(=O)c1ccc(CN(C)C(=O)N[C@H](c2cccs2)C(C)(C)C)cc1. The van der Waals surface area contributed by atoms with Crippen LogP contribution < -0.4 is 5.32 Å². The van der Waals surface area contributed by atoms with E-state index in [9.17, 15) is 9.59 Å². The van der Waals surface area contributed by atoms with Gasteiger partial charge in [-0.15, -0.1) is 11.3 Å². The third-order valence-corrected chi connectivity index (χ3v) is 5.04. The predicted molar refractivity (Wildman–Crippen MR) is 104 cm³/mol. The summed E-state index contributed by atoms with van der Waals surface area (Å²) in [6.07, 6.45) is 0. The number of hydrogen-bond donors (Lipinski definition) is 1. The first-order chi connectivity index (χ1) is 12.2. The van der Waals surface area contributed by atoms with Gasteiger partial charge in [0.1, 0.15) is 0 Å². The molecule has 0 spiro atoms. The molecule has 1 heterocycles. The number of benzene rings is 1. The molecule has 6 heteroatoms. The van der Waals surface area contributed by atoms with Gasteiger partial charge >= 0.3 is 12.0 Å². The summed E-state index contributed by atoms with van der Waals surface area (Å²) in [4.78, 5) is 26.9. The van der Waals surface area contributed by atoms with Gasteiger partial charge in [-0.25, -0.2) is 9.59 Å². The number of amides is 2. The minimum absolute atomic E-state index is 0.0563. The Hall–Kier alpha value is -2.34. The molecule has 140 valence electrons. The number of methoxy groups -OCH3 is 1. The zero-order chi connectivity index (χ0) is 19.3. The standard InChI is InChI=1S/C20H26N2O3S/c1-20(2,3)17(16-7-6-12-26-16)21-19(24)22(4)13-14-8-10-15(11-9-14)18(23)25-5/h6-12,17H,13H2,1-5H3,(H,21,24)/t17-/m1/s1. The average molecular weight is 375 g/mol. The second-order valence-electron chi connectivity index (χ2n) is 7.31. The molecular formula is C20H26N2O3S. The van der Waals surface area contributed by atoms with Gasteiger partial charge in [-0.1, -0.05) is 39.0 Å². The molecule has 2 amide bonds. The molecule has 0 saturated carbocycles. The molecule has 1 atom stereocenters. The number of thiophene rings is 1. The monoisotopic (exact) mass is 374 g/mol. The lowest BCUT2D eigenvalue weighted by molar-refractivity contribution is 0.0600. The average Bonchev–Trinajstić information content (AvgIpc) is 3.12. The second kappa shape index (κ2) is 8.36. The molecule has 0 aliphatic rings. The van der Waals surface area contributed by atoms with Crippen molar-refractivity contribution in [1.82, 2.24) is 10.2 Å². The molecule has 2 aromatic rings. The van der Waals surface area contributed by atoms with Crippen LogP contribution in [0, 0.1) is 5.41 Å². The van der Waals surface area contributed by atoms with Crippen LogP contribution in [-0.4, -0.2) is 31.1 Å². The number of hydrogen-bond acceptors (Lipinski definition) is 4. The first-order valence-electron chi connectivity index (χ1n) is 8.44. The van der Waals surface area contributed by atoms with Crippen molar-refractivity contribution in [2.45, 2.75) is 33.4 Å². The van der Waals surface area contributed by atoms with E-state index in [1.54, 1.807) is 35.4 Å². The Morgan fingerprint density at radius 2 is 1.85 bits per heavy atom. The van der Waals surface area contributed by atoms with E-state index in [0.29, 0.717) is 12.1 Å².